The van der Waals surface area contributed by atoms with Gasteiger partial charge in [0.25, 0.3) is 0 Å². The van der Waals surface area contributed by atoms with Gasteiger partial charge >= 0.3 is 0 Å². The number of unbranched alkanes of at least 4 members (excludes halogenated alkanes) is 2. The first-order valence-corrected chi connectivity index (χ1v) is 13.5. The minimum atomic E-state index is 0.235. The van der Waals surface area contributed by atoms with Crippen LogP contribution in [0.25, 0.3) is 22.6 Å². The van der Waals surface area contributed by atoms with Crippen molar-refractivity contribution in [3.63, 3.8) is 0 Å². The Morgan fingerprint density at radius 2 is 2.00 bits per heavy atom. The number of imidazole rings is 1. The van der Waals surface area contributed by atoms with Crippen LogP contribution in [0.4, 0.5) is 0 Å². The molecule has 0 fully saturated rings. The van der Waals surface area contributed by atoms with Crippen molar-refractivity contribution in [2.75, 3.05) is 13.7 Å². The van der Waals surface area contributed by atoms with Crippen molar-refractivity contribution in [2.45, 2.75) is 51.6 Å². The van der Waals surface area contributed by atoms with Crippen molar-refractivity contribution >= 4 is 17.2 Å². The van der Waals surface area contributed by atoms with E-state index >= 15 is 0 Å². The molecule has 0 unspecified atom stereocenters. The van der Waals surface area contributed by atoms with E-state index in [4.69, 9.17) is 14.5 Å². The lowest BCUT2D eigenvalue weighted by Crippen LogP contribution is -2.18. The van der Waals surface area contributed by atoms with E-state index in [9.17, 15) is 5.21 Å². The predicted molar refractivity (Wildman–Crippen MR) is 148 cm³/mol. The summed E-state index contributed by atoms with van der Waals surface area (Å²) in [6.45, 7) is 2.22. The number of methoxy groups -OCH3 is 1. The average molecular weight is 512 g/mol. The molecule has 0 saturated heterocycles. The van der Waals surface area contributed by atoms with Crippen LogP contribution in [0.15, 0.2) is 66.6 Å². The van der Waals surface area contributed by atoms with Gasteiger partial charge in [0.1, 0.15) is 5.69 Å². The van der Waals surface area contributed by atoms with Crippen LogP contribution in [0, 0.1) is 11.1 Å². The number of ether oxygens (including phenoxy) is 2. The highest BCUT2D eigenvalue weighted by atomic mass is 16.5. The first kappa shape index (κ1) is 24.3. The standard InChI is InChI=1S/C30H33N5O3/c1-37-29-27-20-35(36)25-14-5-3-11-22(25)19-33(27)21-28(29)38-18-10-2-9-17-34-26-15-6-4-12-23(26)32-30(34)24-13-7-8-16-31-24/h4,6-8,12-16,20-22H,2-3,5,9-11,17-19H2,1H3/t22-/m0/s1. The van der Waals surface area contributed by atoms with Crippen LogP contribution in [0.1, 0.15) is 44.2 Å². The summed E-state index contributed by atoms with van der Waals surface area (Å²) in [5, 5.41) is 12.8. The van der Waals surface area contributed by atoms with Gasteiger partial charge in [0.15, 0.2) is 28.7 Å². The summed E-state index contributed by atoms with van der Waals surface area (Å²) in [6.07, 6.45) is 13.6. The van der Waals surface area contributed by atoms with Crippen molar-refractivity contribution in [3.8, 4) is 23.0 Å². The normalized spacial score (nSPS) is 16.8. The number of hydrogen-bond donors (Lipinski definition) is 0. The molecule has 1 aromatic carbocycles. The molecule has 4 aromatic rings. The van der Waals surface area contributed by atoms with E-state index in [0.29, 0.717) is 18.1 Å². The zero-order valence-corrected chi connectivity index (χ0v) is 21.8. The molecule has 1 aliphatic carbocycles. The zero-order chi connectivity index (χ0) is 25.9. The Kier molecular flexibility index (Phi) is 6.86. The third-order valence-electron chi connectivity index (χ3n) is 7.51. The largest absolute Gasteiger partial charge is 0.618 e. The molecule has 1 aliphatic heterocycles. The van der Waals surface area contributed by atoms with E-state index in [2.05, 4.69) is 32.3 Å². The van der Waals surface area contributed by atoms with Gasteiger partial charge in [0.05, 0.1) is 36.9 Å². The molecule has 1 atom stereocenters. The average Bonchev–Trinajstić information content (AvgIpc) is 3.44. The molecule has 3 aromatic heterocycles. The highest BCUT2D eigenvalue weighted by Gasteiger charge is 2.31. The number of aromatic nitrogens is 4. The van der Waals surface area contributed by atoms with Crippen molar-refractivity contribution in [2.24, 2.45) is 5.92 Å². The Hall–Kier alpha value is -4.07. The summed E-state index contributed by atoms with van der Waals surface area (Å²) >= 11 is 0. The lowest BCUT2D eigenvalue weighted by atomic mass is 9.92. The third-order valence-corrected chi connectivity index (χ3v) is 7.51. The quantitative estimate of drug-likeness (QED) is 0.162. The summed E-state index contributed by atoms with van der Waals surface area (Å²) in [6, 6.07) is 14.2. The number of fused-ring (bicyclic) bond motifs is 3. The topological polar surface area (TPSA) is 80.2 Å². The summed E-state index contributed by atoms with van der Waals surface area (Å²) in [4.78, 5) is 9.38. The second-order valence-electron chi connectivity index (χ2n) is 9.98. The monoisotopic (exact) mass is 511 g/mol. The predicted octanol–water partition coefficient (Wildman–Crippen LogP) is 5.78. The van der Waals surface area contributed by atoms with Gasteiger partial charge in [-0.1, -0.05) is 18.2 Å². The fourth-order valence-corrected chi connectivity index (χ4v) is 5.65. The van der Waals surface area contributed by atoms with Crippen LogP contribution in [0.2, 0.25) is 0 Å². The van der Waals surface area contributed by atoms with Gasteiger partial charge in [-0.25, -0.2) is 4.98 Å². The van der Waals surface area contributed by atoms with Crippen LogP contribution in [-0.4, -0.2) is 43.8 Å². The number of para-hydroxylation sites is 2. The lowest BCUT2D eigenvalue weighted by Gasteiger charge is -2.20. The molecule has 0 spiro atoms. The Balaban J connectivity index is 1.09. The summed E-state index contributed by atoms with van der Waals surface area (Å²) in [5.41, 5.74) is 4.66. The van der Waals surface area contributed by atoms with Crippen LogP contribution in [0.3, 0.4) is 0 Å². The van der Waals surface area contributed by atoms with E-state index in [1.807, 2.05) is 42.7 Å². The second kappa shape index (κ2) is 10.7. The van der Waals surface area contributed by atoms with Gasteiger partial charge < -0.3 is 23.8 Å². The molecule has 0 bridgehead atoms. The fourth-order valence-electron chi connectivity index (χ4n) is 5.65. The number of hydroxylamine groups is 1. The highest BCUT2D eigenvalue weighted by molar-refractivity contribution is 5.81. The summed E-state index contributed by atoms with van der Waals surface area (Å²) < 4.78 is 17.3. The van der Waals surface area contributed by atoms with Gasteiger partial charge in [-0.2, -0.15) is 4.74 Å². The van der Waals surface area contributed by atoms with Crippen LogP contribution in [-0.2, 0) is 13.1 Å². The highest BCUT2D eigenvalue weighted by Crippen LogP contribution is 2.37. The molecule has 196 valence electrons. The fraction of sp³-hybridized carbons (Fsp3) is 0.367. The maximum absolute atomic E-state index is 12.8. The van der Waals surface area contributed by atoms with E-state index in [0.717, 1.165) is 90.3 Å². The van der Waals surface area contributed by atoms with Gasteiger partial charge in [0, 0.05) is 19.3 Å². The summed E-state index contributed by atoms with van der Waals surface area (Å²) in [5.74, 6) is 2.48. The molecule has 38 heavy (non-hydrogen) atoms. The minimum absolute atomic E-state index is 0.235. The van der Waals surface area contributed by atoms with Gasteiger partial charge in [-0.05, 0) is 68.9 Å². The van der Waals surface area contributed by atoms with Crippen molar-refractivity contribution in [3.05, 3.63) is 77.5 Å². The number of rotatable bonds is 9. The maximum Gasteiger partial charge on any atom is 0.208 e. The molecule has 0 radical (unpaired) electrons. The zero-order valence-electron chi connectivity index (χ0n) is 21.8. The lowest BCUT2D eigenvalue weighted by molar-refractivity contribution is -0.406. The first-order chi connectivity index (χ1) is 18.7. The molecule has 0 amide bonds. The molecule has 0 saturated carbocycles. The number of nitrogens with zero attached hydrogens (tertiary/aromatic N) is 5. The SMILES string of the molecule is COc1c(OCCCCCn2c(-c3ccccn3)nc3ccccc32)cn2c1C=[N+]([O-])C1=CCCC[C@H]1C2. The third kappa shape index (κ3) is 4.66. The maximum atomic E-state index is 12.8. The number of aryl methyl sites for hydroxylation is 1. The van der Waals surface area contributed by atoms with Crippen molar-refractivity contribution < 1.29 is 14.2 Å². The molecule has 4 heterocycles. The Morgan fingerprint density at radius 3 is 2.87 bits per heavy atom. The molecular formula is C30H33N5O3. The molecular weight excluding hydrogens is 478 g/mol. The molecule has 6 rings (SSSR count). The second-order valence-corrected chi connectivity index (χ2v) is 9.98. The van der Waals surface area contributed by atoms with Crippen LogP contribution >= 0.6 is 0 Å². The van der Waals surface area contributed by atoms with Gasteiger partial charge in [0.2, 0.25) is 6.21 Å². The molecule has 8 nitrogen and oxygen atoms in total. The van der Waals surface area contributed by atoms with Gasteiger partial charge in [-0.15, -0.1) is 0 Å². The molecule has 0 N–H and O–H groups in total. The summed E-state index contributed by atoms with van der Waals surface area (Å²) in [7, 11) is 1.64. The molecule has 8 heteroatoms. The Bertz CT molecular complexity index is 1480. The smallest absolute Gasteiger partial charge is 0.208 e. The number of allylic oxidation sites excluding steroid dienone is 2. The number of benzene rings is 1. The van der Waals surface area contributed by atoms with E-state index in [1.165, 1.54) is 0 Å². The Morgan fingerprint density at radius 1 is 1.11 bits per heavy atom. The Labute approximate surface area is 222 Å². The van der Waals surface area contributed by atoms with Crippen molar-refractivity contribution in [1.82, 2.24) is 19.1 Å². The van der Waals surface area contributed by atoms with E-state index in [-0.39, 0.29) is 5.92 Å². The van der Waals surface area contributed by atoms with E-state index in [1.54, 1.807) is 13.3 Å². The number of pyridine rings is 1. The van der Waals surface area contributed by atoms with Gasteiger partial charge in [-0.3, -0.25) is 4.98 Å². The van der Waals surface area contributed by atoms with Crippen molar-refractivity contribution in [1.29, 1.82) is 0 Å². The molecule has 2 aliphatic rings. The number of hydrogen-bond acceptors (Lipinski definition) is 5. The van der Waals surface area contributed by atoms with Crippen LogP contribution in [0.5, 0.6) is 11.5 Å². The van der Waals surface area contributed by atoms with Crippen LogP contribution < -0.4 is 9.47 Å². The minimum Gasteiger partial charge on any atom is -0.618 e. The van der Waals surface area contributed by atoms with E-state index < -0.39 is 0 Å². The first-order valence-electron chi connectivity index (χ1n) is 13.5.